The molecule has 0 atom stereocenters. The molecule has 0 unspecified atom stereocenters. The minimum atomic E-state index is -0.335. The lowest BCUT2D eigenvalue weighted by molar-refractivity contribution is -0.115. The second kappa shape index (κ2) is 8.35. The van der Waals surface area contributed by atoms with Crippen molar-refractivity contribution in [1.29, 1.82) is 0 Å². The van der Waals surface area contributed by atoms with Gasteiger partial charge in [0, 0.05) is 6.54 Å². The molecule has 2 aliphatic heterocycles. The maximum absolute atomic E-state index is 11.6. The first-order chi connectivity index (χ1) is 11.7. The van der Waals surface area contributed by atoms with Gasteiger partial charge in [0.1, 0.15) is 5.75 Å². The molecule has 2 amide bonds. The monoisotopic (exact) mass is 346 g/mol. The lowest BCUT2D eigenvalue weighted by Gasteiger charge is -2.26. The molecule has 0 aromatic heterocycles. The molecule has 0 saturated carbocycles. The van der Waals surface area contributed by atoms with Gasteiger partial charge in [0.05, 0.1) is 11.5 Å². The Hall–Kier alpha value is -1.79. The second-order valence-corrected chi connectivity index (χ2v) is 7.04. The van der Waals surface area contributed by atoms with Gasteiger partial charge in [-0.25, -0.2) is 0 Å². The highest BCUT2D eigenvalue weighted by Gasteiger charge is 2.24. The summed E-state index contributed by atoms with van der Waals surface area (Å²) in [6, 6.07) is 7.59. The predicted octanol–water partition coefficient (Wildman–Crippen LogP) is 3.27. The molecule has 128 valence electrons. The van der Waals surface area contributed by atoms with E-state index in [1.807, 2.05) is 24.3 Å². The molecule has 2 saturated heterocycles. The largest absolute Gasteiger partial charge is 0.494 e. The van der Waals surface area contributed by atoms with Crippen LogP contribution in [0, 0.1) is 0 Å². The molecule has 2 aliphatic rings. The van der Waals surface area contributed by atoms with Crippen LogP contribution in [0.1, 0.15) is 31.2 Å². The highest BCUT2D eigenvalue weighted by atomic mass is 32.2. The van der Waals surface area contributed by atoms with E-state index in [0.717, 1.165) is 36.0 Å². The first kappa shape index (κ1) is 17.0. The van der Waals surface area contributed by atoms with Gasteiger partial charge in [-0.05, 0) is 67.9 Å². The molecule has 1 aromatic rings. The molecule has 0 bridgehead atoms. The van der Waals surface area contributed by atoms with Gasteiger partial charge in [-0.3, -0.25) is 14.9 Å². The summed E-state index contributed by atoms with van der Waals surface area (Å²) in [5, 5.41) is 1.93. The summed E-state index contributed by atoms with van der Waals surface area (Å²) in [7, 11) is 0. The Kier molecular flexibility index (Phi) is 5.93. The fourth-order valence-corrected chi connectivity index (χ4v) is 3.61. The smallest absolute Gasteiger partial charge is 0.290 e. The molecular weight excluding hydrogens is 324 g/mol. The third-order valence-corrected chi connectivity index (χ3v) is 4.94. The third kappa shape index (κ3) is 4.85. The van der Waals surface area contributed by atoms with Gasteiger partial charge < -0.3 is 9.64 Å². The van der Waals surface area contributed by atoms with Crippen LogP contribution in [-0.2, 0) is 4.79 Å². The zero-order valence-corrected chi connectivity index (χ0v) is 14.4. The van der Waals surface area contributed by atoms with Gasteiger partial charge in [0.15, 0.2) is 0 Å². The summed E-state index contributed by atoms with van der Waals surface area (Å²) < 4.78 is 5.82. The maximum atomic E-state index is 11.6. The fraction of sp³-hybridized carbons (Fsp3) is 0.444. The van der Waals surface area contributed by atoms with Gasteiger partial charge in [-0.1, -0.05) is 18.6 Å². The first-order valence-corrected chi connectivity index (χ1v) is 9.22. The van der Waals surface area contributed by atoms with Gasteiger partial charge in [-0.15, -0.1) is 0 Å². The van der Waals surface area contributed by atoms with E-state index < -0.39 is 0 Å². The SMILES string of the molecule is O=C1NC(=O)C(=Cc2cccc(OCCCN3CCCCC3)c2)S1. The van der Waals surface area contributed by atoms with Crippen molar-refractivity contribution < 1.29 is 14.3 Å². The number of piperidine rings is 1. The van der Waals surface area contributed by atoms with E-state index in [1.165, 1.54) is 32.4 Å². The highest BCUT2D eigenvalue weighted by Crippen LogP contribution is 2.26. The van der Waals surface area contributed by atoms with E-state index in [4.69, 9.17) is 4.74 Å². The maximum Gasteiger partial charge on any atom is 0.290 e. The second-order valence-electron chi connectivity index (χ2n) is 6.03. The molecule has 1 N–H and O–H groups in total. The molecule has 3 rings (SSSR count). The summed E-state index contributed by atoms with van der Waals surface area (Å²) in [6.07, 6.45) is 6.71. The van der Waals surface area contributed by atoms with Crippen LogP contribution in [0.2, 0.25) is 0 Å². The topological polar surface area (TPSA) is 58.6 Å². The van der Waals surface area contributed by atoms with Crippen LogP contribution < -0.4 is 10.1 Å². The van der Waals surface area contributed by atoms with E-state index in [2.05, 4.69) is 10.2 Å². The average Bonchev–Trinajstić information content (AvgIpc) is 2.90. The number of hydrogen-bond donors (Lipinski definition) is 1. The van der Waals surface area contributed by atoms with Crippen molar-refractivity contribution in [2.45, 2.75) is 25.7 Å². The van der Waals surface area contributed by atoms with Crippen molar-refractivity contribution in [2.24, 2.45) is 0 Å². The summed E-state index contributed by atoms with van der Waals surface area (Å²) in [5.41, 5.74) is 0.857. The molecule has 2 heterocycles. The number of ether oxygens (including phenoxy) is 1. The highest BCUT2D eigenvalue weighted by molar-refractivity contribution is 8.18. The molecule has 24 heavy (non-hydrogen) atoms. The molecule has 6 heteroatoms. The van der Waals surface area contributed by atoms with E-state index in [-0.39, 0.29) is 11.1 Å². The van der Waals surface area contributed by atoms with Crippen LogP contribution in [0.3, 0.4) is 0 Å². The van der Waals surface area contributed by atoms with Crippen LogP contribution in [0.5, 0.6) is 5.75 Å². The fourth-order valence-electron chi connectivity index (χ4n) is 2.93. The van der Waals surface area contributed by atoms with Crippen LogP contribution in [0.15, 0.2) is 29.2 Å². The van der Waals surface area contributed by atoms with Crippen molar-refractivity contribution >= 4 is 29.0 Å². The number of nitrogens with zero attached hydrogens (tertiary/aromatic N) is 1. The minimum Gasteiger partial charge on any atom is -0.494 e. The van der Waals surface area contributed by atoms with Gasteiger partial charge in [0.2, 0.25) is 0 Å². The summed E-state index contributed by atoms with van der Waals surface area (Å²) in [6.45, 7) is 4.19. The van der Waals surface area contributed by atoms with Crippen molar-refractivity contribution in [2.75, 3.05) is 26.2 Å². The Morgan fingerprint density at radius 1 is 1.21 bits per heavy atom. The Labute approximate surface area is 146 Å². The number of imide groups is 1. The number of hydrogen-bond acceptors (Lipinski definition) is 5. The Morgan fingerprint density at radius 2 is 2.04 bits per heavy atom. The lowest BCUT2D eigenvalue weighted by Crippen LogP contribution is -2.31. The van der Waals surface area contributed by atoms with E-state index in [1.54, 1.807) is 6.08 Å². The van der Waals surface area contributed by atoms with Gasteiger partial charge in [-0.2, -0.15) is 0 Å². The average molecular weight is 346 g/mol. The third-order valence-electron chi connectivity index (χ3n) is 4.13. The zero-order valence-electron chi connectivity index (χ0n) is 13.6. The van der Waals surface area contributed by atoms with Crippen LogP contribution in [-0.4, -0.2) is 42.3 Å². The van der Waals surface area contributed by atoms with Crippen LogP contribution in [0.4, 0.5) is 4.79 Å². The van der Waals surface area contributed by atoms with Crippen molar-refractivity contribution in [3.05, 3.63) is 34.7 Å². The molecule has 5 nitrogen and oxygen atoms in total. The molecule has 0 spiro atoms. The number of nitrogens with one attached hydrogen (secondary N) is 1. The molecule has 2 fully saturated rings. The van der Waals surface area contributed by atoms with E-state index in [9.17, 15) is 9.59 Å². The lowest BCUT2D eigenvalue weighted by atomic mass is 10.1. The standard InChI is InChI=1S/C18H22N2O3S/c21-17-16(24-18(22)19-17)13-14-6-4-7-15(12-14)23-11-5-10-20-8-2-1-3-9-20/h4,6-7,12-13H,1-3,5,8-11H2,(H,19,21,22). The summed E-state index contributed by atoms with van der Waals surface area (Å²) in [4.78, 5) is 25.7. The Balaban J connectivity index is 1.49. The van der Waals surface area contributed by atoms with Crippen molar-refractivity contribution in [1.82, 2.24) is 10.2 Å². The van der Waals surface area contributed by atoms with Crippen LogP contribution >= 0.6 is 11.8 Å². The van der Waals surface area contributed by atoms with E-state index >= 15 is 0 Å². The zero-order chi connectivity index (χ0) is 16.8. The Bertz CT molecular complexity index is 639. The molecule has 1 aromatic carbocycles. The molecule has 0 aliphatic carbocycles. The summed E-state index contributed by atoms with van der Waals surface area (Å²) in [5.74, 6) is 0.454. The van der Waals surface area contributed by atoms with Crippen molar-refractivity contribution in [3.8, 4) is 5.75 Å². The van der Waals surface area contributed by atoms with Gasteiger partial charge >= 0.3 is 0 Å². The normalized spacial score (nSPS) is 20.4. The number of benzene rings is 1. The predicted molar refractivity (Wildman–Crippen MR) is 96.0 cm³/mol. The Morgan fingerprint density at radius 3 is 2.79 bits per heavy atom. The first-order valence-electron chi connectivity index (χ1n) is 8.41. The minimum absolute atomic E-state index is 0.323. The molecular formula is C18H22N2O3S. The van der Waals surface area contributed by atoms with Gasteiger partial charge in [0.25, 0.3) is 11.1 Å². The van der Waals surface area contributed by atoms with Crippen molar-refractivity contribution in [3.63, 3.8) is 0 Å². The van der Waals surface area contributed by atoms with E-state index in [0.29, 0.717) is 11.5 Å². The number of carbonyl (C=O) groups excluding carboxylic acids is 2. The summed E-state index contributed by atoms with van der Waals surface area (Å²) >= 11 is 0.927. The number of carbonyl (C=O) groups is 2. The number of thioether (sulfide) groups is 1. The number of likely N-dealkylation sites (tertiary alicyclic amines) is 1. The van der Waals surface area contributed by atoms with Crippen LogP contribution in [0.25, 0.3) is 6.08 Å². The quantitative estimate of drug-likeness (QED) is 0.633. The molecule has 0 radical (unpaired) electrons. The number of rotatable bonds is 6. The number of amides is 2.